The average Bonchev–Trinajstić information content (AvgIpc) is 2.62. The Bertz CT molecular complexity index is 692. The van der Waals surface area contributed by atoms with E-state index in [1.54, 1.807) is 6.20 Å². The molecule has 23 heavy (non-hydrogen) atoms. The molecular weight excluding hydrogens is 320 g/mol. The SMILES string of the molecule is O=C(NCc1nccnc1Cl)c1cncc(N2CCOCC2)n1. The standard InChI is InChI=1S/C14H15ClN6O2/c15-13-10(17-1-2-18-13)8-19-14(22)11-7-16-9-12(20-11)21-3-5-23-6-4-21/h1-2,7,9H,3-6,8H2,(H,19,22). The lowest BCUT2D eigenvalue weighted by molar-refractivity contribution is 0.0945. The fraction of sp³-hybridized carbons (Fsp3) is 0.357. The van der Waals surface area contributed by atoms with Crippen molar-refractivity contribution < 1.29 is 9.53 Å². The molecule has 0 aliphatic carbocycles. The number of hydrogen-bond acceptors (Lipinski definition) is 7. The summed E-state index contributed by atoms with van der Waals surface area (Å²) in [5.41, 5.74) is 0.744. The zero-order valence-corrected chi connectivity index (χ0v) is 13.0. The van der Waals surface area contributed by atoms with Crippen molar-refractivity contribution in [2.45, 2.75) is 6.54 Å². The Morgan fingerprint density at radius 3 is 2.83 bits per heavy atom. The van der Waals surface area contributed by atoms with Crippen LogP contribution < -0.4 is 10.2 Å². The summed E-state index contributed by atoms with van der Waals surface area (Å²) in [6.07, 6.45) is 6.08. The minimum atomic E-state index is -0.339. The van der Waals surface area contributed by atoms with Crippen molar-refractivity contribution in [3.05, 3.63) is 41.3 Å². The third-order valence-corrected chi connectivity index (χ3v) is 3.64. The largest absolute Gasteiger partial charge is 0.378 e. The lowest BCUT2D eigenvalue weighted by Gasteiger charge is -2.27. The number of aromatic nitrogens is 4. The van der Waals surface area contributed by atoms with Crippen LogP contribution in [0.2, 0.25) is 5.15 Å². The molecule has 1 saturated heterocycles. The van der Waals surface area contributed by atoms with E-state index in [9.17, 15) is 4.79 Å². The van der Waals surface area contributed by atoms with Gasteiger partial charge in [-0.05, 0) is 0 Å². The van der Waals surface area contributed by atoms with Crippen LogP contribution in [-0.4, -0.2) is 52.1 Å². The first-order chi connectivity index (χ1) is 11.2. The number of ether oxygens (including phenoxy) is 1. The Balaban J connectivity index is 1.66. The summed E-state index contributed by atoms with van der Waals surface area (Å²) >= 11 is 5.91. The van der Waals surface area contributed by atoms with Gasteiger partial charge in [-0.15, -0.1) is 0 Å². The van der Waals surface area contributed by atoms with E-state index in [-0.39, 0.29) is 23.3 Å². The van der Waals surface area contributed by atoms with Crippen LogP contribution in [0.1, 0.15) is 16.2 Å². The number of nitrogens with one attached hydrogen (secondary N) is 1. The van der Waals surface area contributed by atoms with Crippen LogP contribution in [0.4, 0.5) is 5.82 Å². The first-order valence-electron chi connectivity index (χ1n) is 7.12. The lowest BCUT2D eigenvalue weighted by Crippen LogP contribution is -2.37. The number of hydrogen-bond donors (Lipinski definition) is 1. The molecule has 8 nitrogen and oxygen atoms in total. The van der Waals surface area contributed by atoms with Crippen molar-refractivity contribution in [2.75, 3.05) is 31.2 Å². The van der Waals surface area contributed by atoms with E-state index < -0.39 is 0 Å². The first-order valence-corrected chi connectivity index (χ1v) is 7.50. The summed E-state index contributed by atoms with van der Waals surface area (Å²) in [5.74, 6) is 0.327. The zero-order chi connectivity index (χ0) is 16.1. The Morgan fingerprint density at radius 1 is 1.26 bits per heavy atom. The maximum Gasteiger partial charge on any atom is 0.271 e. The summed E-state index contributed by atoms with van der Waals surface area (Å²) < 4.78 is 5.30. The van der Waals surface area contributed by atoms with Gasteiger partial charge in [0.1, 0.15) is 11.5 Å². The topological polar surface area (TPSA) is 93.1 Å². The summed E-state index contributed by atoms with van der Waals surface area (Å²) in [6.45, 7) is 2.92. The van der Waals surface area contributed by atoms with Gasteiger partial charge in [0.05, 0.1) is 37.8 Å². The molecule has 9 heteroatoms. The second kappa shape index (κ2) is 7.30. The molecule has 3 rings (SSSR count). The number of morpholine rings is 1. The fourth-order valence-electron chi connectivity index (χ4n) is 2.13. The molecule has 2 aromatic heterocycles. The quantitative estimate of drug-likeness (QED) is 0.879. The number of carbonyl (C=O) groups is 1. The number of nitrogens with zero attached hydrogens (tertiary/aromatic N) is 5. The van der Waals surface area contributed by atoms with Crippen LogP contribution >= 0.6 is 11.6 Å². The molecule has 0 atom stereocenters. The molecule has 1 aliphatic rings. The Kier molecular flexibility index (Phi) is 4.94. The highest BCUT2D eigenvalue weighted by Gasteiger charge is 2.16. The predicted octanol–water partition coefficient (Wildman–Crippen LogP) is 0.687. The molecule has 120 valence electrons. The van der Waals surface area contributed by atoms with Crippen LogP contribution in [0.5, 0.6) is 0 Å². The van der Waals surface area contributed by atoms with E-state index in [2.05, 4.69) is 25.3 Å². The maximum absolute atomic E-state index is 12.2. The smallest absolute Gasteiger partial charge is 0.271 e. The van der Waals surface area contributed by atoms with Gasteiger partial charge in [0.25, 0.3) is 5.91 Å². The number of halogens is 1. The third-order valence-electron chi connectivity index (χ3n) is 3.33. The highest BCUT2D eigenvalue weighted by atomic mass is 35.5. The van der Waals surface area contributed by atoms with Crippen molar-refractivity contribution in [3.8, 4) is 0 Å². The van der Waals surface area contributed by atoms with Crippen molar-refractivity contribution in [1.29, 1.82) is 0 Å². The van der Waals surface area contributed by atoms with Crippen LogP contribution in [-0.2, 0) is 11.3 Å². The molecule has 0 saturated carbocycles. The van der Waals surface area contributed by atoms with Crippen molar-refractivity contribution in [2.24, 2.45) is 0 Å². The summed E-state index contributed by atoms with van der Waals surface area (Å²) in [5, 5.41) is 2.98. The molecule has 0 spiro atoms. The number of anilines is 1. The van der Waals surface area contributed by atoms with Gasteiger partial charge in [-0.1, -0.05) is 11.6 Å². The van der Waals surface area contributed by atoms with Gasteiger partial charge in [-0.2, -0.15) is 0 Å². The van der Waals surface area contributed by atoms with Crippen LogP contribution in [0.25, 0.3) is 0 Å². The van der Waals surface area contributed by atoms with Gasteiger partial charge < -0.3 is 15.0 Å². The predicted molar refractivity (Wildman–Crippen MR) is 83.3 cm³/mol. The second-order valence-corrected chi connectivity index (χ2v) is 5.20. The van der Waals surface area contributed by atoms with E-state index in [1.165, 1.54) is 18.6 Å². The van der Waals surface area contributed by atoms with Gasteiger partial charge in [0.2, 0.25) is 0 Å². The fourth-order valence-corrected chi connectivity index (χ4v) is 2.30. The van der Waals surface area contributed by atoms with E-state index in [4.69, 9.17) is 16.3 Å². The summed E-state index contributed by atoms with van der Waals surface area (Å²) in [7, 11) is 0. The first kappa shape index (κ1) is 15.6. The minimum Gasteiger partial charge on any atom is -0.378 e. The number of rotatable bonds is 4. The molecule has 0 unspecified atom stereocenters. The molecule has 3 heterocycles. The molecular formula is C14H15ClN6O2. The van der Waals surface area contributed by atoms with Crippen molar-refractivity contribution in [1.82, 2.24) is 25.3 Å². The third kappa shape index (κ3) is 3.91. The van der Waals surface area contributed by atoms with Gasteiger partial charge in [0, 0.05) is 25.5 Å². The normalized spacial score (nSPS) is 14.6. The molecule has 1 N–H and O–H groups in total. The van der Waals surface area contributed by atoms with Crippen LogP contribution in [0, 0.1) is 0 Å². The molecule has 2 aromatic rings. The lowest BCUT2D eigenvalue weighted by atomic mass is 10.3. The van der Waals surface area contributed by atoms with E-state index >= 15 is 0 Å². The second-order valence-electron chi connectivity index (χ2n) is 4.84. The molecule has 0 radical (unpaired) electrons. The van der Waals surface area contributed by atoms with Crippen LogP contribution in [0.3, 0.4) is 0 Å². The monoisotopic (exact) mass is 334 g/mol. The summed E-state index contributed by atoms with van der Waals surface area (Å²) in [6, 6.07) is 0. The van der Waals surface area contributed by atoms with Gasteiger partial charge >= 0.3 is 0 Å². The van der Waals surface area contributed by atoms with Gasteiger partial charge in [0.15, 0.2) is 5.15 Å². The maximum atomic E-state index is 12.2. The van der Waals surface area contributed by atoms with E-state index in [0.29, 0.717) is 24.7 Å². The average molecular weight is 335 g/mol. The number of carbonyl (C=O) groups excluding carboxylic acids is 1. The van der Waals surface area contributed by atoms with E-state index in [0.717, 1.165) is 13.1 Å². The molecule has 1 aliphatic heterocycles. The van der Waals surface area contributed by atoms with Crippen LogP contribution in [0.15, 0.2) is 24.8 Å². The van der Waals surface area contributed by atoms with Crippen molar-refractivity contribution >= 4 is 23.3 Å². The molecule has 1 amide bonds. The number of amides is 1. The van der Waals surface area contributed by atoms with Gasteiger partial charge in [-0.25, -0.2) is 9.97 Å². The van der Waals surface area contributed by atoms with Gasteiger partial charge in [-0.3, -0.25) is 14.8 Å². The van der Waals surface area contributed by atoms with E-state index in [1.807, 2.05) is 4.90 Å². The zero-order valence-electron chi connectivity index (χ0n) is 12.3. The highest BCUT2D eigenvalue weighted by Crippen LogP contribution is 2.12. The minimum absolute atomic E-state index is 0.176. The molecule has 0 bridgehead atoms. The van der Waals surface area contributed by atoms with Crippen molar-refractivity contribution in [3.63, 3.8) is 0 Å². The Morgan fingerprint density at radius 2 is 2.04 bits per heavy atom. The Hall–Kier alpha value is -2.32. The summed E-state index contributed by atoms with van der Waals surface area (Å²) in [4.78, 5) is 30.7. The molecule has 1 fully saturated rings. The Labute approximate surface area is 137 Å². The molecule has 0 aromatic carbocycles. The highest BCUT2D eigenvalue weighted by molar-refractivity contribution is 6.30.